The van der Waals surface area contributed by atoms with Crippen LogP contribution in [0.25, 0.3) is 10.2 Å². The van der Waals surface area contributed by atoms with Crippen molar-refractivity contribution in [3.63, 3.8) is 0 Å². The summed E-state index contributed by atoms with van der Waals surface area (Å²) in [5.74, 6) is -3.19. The zero-order chi connectivity index (χ0) is 21.5. The van der Waals surface area contributed by atoms with Crippen LogP contribution in [0.5, 0.6) is 0 Å². The maximum absolute atomic E-state index is 13.8. The fraction of sp³-hybridized carbons (Fsp3) is 0.263. The molecule has 3 aromatic rings. The highest BCUT2D eigenvalue weighted by Crippen LogP contribution is 2.30. The molecule has 0 aliphatic carbocycles. The maximum Gasteiger partial charge on any atom is 0.243 e. The number of thiazole rings is 1. The lowest BCUT2D eigenvalue weighted by atomic mass is 9.99. The fourth-order valence-electron chi connectivity index (χ4n) is 3.35. The van der Waals surface area contributed by atoms with Crippen molar-refractivity contribution in [3.8, 4) is 0 Å². The van der Waals surface area contributed by atoms with Crippen LogP contribution in [0.15, 0.2) is 41.3 Å². The van der Waals surface area contributed by atoms with E-state index < -0.39 is 39.3 Å². The van der Waals surface area contributed by atoms with E-state index in [1.807, 2.05) is 0 Å². The molecule has 0 saturated carbocycles. The molecule has 2 heterocycles. The molecular weight excluding hydrogens is 439 g/mol. The summed E-state index contributed by atoms with van der Waals surface area (Å²) in [7, 11) is -3.87. The third kappa shape index (κ3) is 4.05. The van der Waals surface area contributed by atoms with Gasteiger partial charge in [0.1, 0.15) is 17.2 Å². The van der Waals surface area contributed by atoms with Gasteiger partial charge in [0.25, 0.3) is 0 Å². The van der Waals surface area contributed by atoms with E-state index in [9.17, 15) is 26.4 Å². The largest absolute Gasteiger partial charge is 0.302 e. The number of nitrogens with zero attached hydrogens (tertiary/aromatic N) is 2. The van der Waals surface area contributed by atoms with E-state index in [1.165, 1.54) is 16.4 Å². The number of hydrogen-bond acceptors (Lipinski definition) is 5. The fourth-order valence-corrected chi connectivity index (χ4v) is 5.78. The van der Waals surface area contributed by atoms with Gasteiger partial charge in [0.15, 0.2) is 10.9 Å². The molecular formula is C19H16F3N3O3S2. The molecule has 1 amide bonds. The topological polar surface area (TPSA) is 79.4 Å². The van der Waals surface area contributed by atoms with Crippen LogP contribution in [0, 0.1) is 23.4 Å². The van der Waals surface area contributed by atoms with Crippen LogP contribution >= 0.6 is 11.3 Å². The van der Waals surface area contributed by atoms with Gasteiger partial charge in [-0.3, -0.25) is 4.79 Å². The Bertz CT molecular complexity index is 1210. The van der Waals surface area contributed by atoms with Crippen LogP contribution in [0.3, 0.4) is 0 Å². The van der Waals surface area contributed by atoms with Gasteiger partial charge in [-0.1, -0.05) is 11.3 Å². The van der Waals surface area contributed by atoms with Crippen LogP contribution in [0.1, 0.15) is 12.8 Å². The summed E-state index contributed by atoms with van der Waals surface area (Å²) in [6.45, 7) is 0.203. The minimum Gasteiger partial charge on any atom is -0.302 e. The van der Waals surface area contributed by atoms with Crippen molar-refractivity contribution in [1.82, 2.24) is 9.29 Å². The summed E-state index contributed by atoms with van der Waals surface area (Å²) < 4.78 is 67.3. The molecule has 1 aromatic heterocycles. The highest BCUT2D eigenvalue weighted by Gasteiger charge is 2.33. The van der Waals surface area contributed by atoms with Crippen molar-refractivity contribution in [2.24, 2.45) is 5.92 Å². The monoisotopic (exact) mass is 455 g/mol. The quantitative estimate of drug-likeness (QED) is 0.650. The number of carbonyl (C=O) groups is 1. The van der Waals surface area contributed by atoms with Gasteiger partial charge in [-0.05, 0) is 43.2 Å². The molecule has 1 aliphatic heterocycles. The van der Waals surface area contributed by atoms with E-state index >= 15 is 0 Å². The molecule has 2 aromatic carbocycles. The second-order valence-electron chi connectivity index (χ2n) is 6.90. The normalized spacial score (nSPS) is 17.9. The van der Waals surface area contributed by atoms with Crippen molar-refractivity contribution in [2.45, 2.75) is 17.7 Å². The van der Waals surface area contributed by atoms with Gasteiger partial charge in [-0.15, -0.1) is 0 Å². The van der Waals surface area contributed by atoms with E-state index in [2.05, 4.69) is 10.3 Å². The maximum atomic E-state index is 13.8. The zero-order valence-corrected chi connectivity index (χ0v) is 17.1. The van der Waals surface area contributed by atoms with Gasteiger partial charge in [0, 0.05) is 19.2 Å². The Morgan fingerprint density at radius 1 is 1.13 bits per heavy atom. The summed E-state index contributed by atoms with van der Waals surface area (Å²) in [6, 6.07) is 6.34. The molecule has 0 spiro atoms. The summed E-state index contributed by atoms with van der Waals surface area (Å²) >= 11 is 0.932. The molecule has 0 radical (unpaired) electrons. The second-order valence-corrected chi connectivity index (χ2v) is 9.87. The summed E-state index contributed by atoms with van der Waals surface area (Å²) in [5, 5.41) is 2.68. The number of hydrogen-bond donors (Lipinski definition) is 1. The number of carbonyl (C=O) groups excluding carboxylic acids is 1. The van der Waals surface area contributed by atoms with E-state index in [0.29, 0.717) is 18.9 Å². The summed E-state index contributed by atoms with van der Waals surface area (Å²) in [5.41, 5.74) is -0.0409. The smallest absolute Gasteiger partial charge is 0.243 e. The number of piperidine rings is 1. The molecule has 1 fully saturated rings. The molecule has 0 unspecified atom stereocenters. The molecule has 11 heteroatoms. The molecule has 0 bridgehead atoms. The lowest BCUT2D eigenvalue weighted by Crippen LogP contribution is -2.43. The van der Waals surface area contributed by atoms with Gasteiger partial charge < -0.3 is 5.32 Å². The van der Waals surface area contributed by atoms with Crippen molar-refractivity contribution < 1.29 is 26.4 Å². The van der Waals surface area contributed by atoms with Crippen LogP contribution in [-0.4, -0.2) is 36.7 Å². The Morgan fingerprint density at radius 3 is 2.60 bits per heavy atom. The lowest BCUT2D eigenvalue weighted by Gasteiger charge is -2.31. The Balaban J connectivity index is 1.50. The zero-order valence-electron chi connectivity index (χ0n) is 15.4. The van der Waals surface area contributed by atoms with E-state index in [0.717, 1.165) is 29.5 Å². The molecule has 6 nitrogen and oxygen atoms in total. The number of amides is 1. The molecule has 4 rings (SSSR count). The second kappa shape index (κ2) is 7.97. The van der Waals surface area contributed by atoms with E-state index in [-0.39, 0.29) is 33.3 Å². The molecule has 1 saturated heterocycles. The number of sulfonamides is 1. The standard InChI is InChI=1S/C19H16F3N3O3S2/c20-12-3-5-14(6-4-12)30(27,28)25-7-1-2-11(10-25)18(26)24-19-23-17-15(22)8-13(21)9-16(17)29-19/h3-6,8-9,11H,1-2,7,10H2,(H,23,24,26)/t11-/m0/s1. The van der Waals surface area contributed by atoms with Gasteiger partial charge in [-0.25, -0.2) is 26.6 Å². The molecule has 1 N–H and O–H groups in total. The Labute approximate surface area is 174 Å². The third-order valence-electron chi connectivity index (χ3n) is 4.85. The molecule has 158 valence electrons. The SMILES string of the molecule is O=C(Nc1nc2c(F)cc(F)cc2s1)[C@H]1CCCN(S(=O)(=O)c2ccc(F)cc2)C1. The number of nitrogens with one attached hydrogen (secondary N) is 1. The predicted octanol–water partition coefficient (Wildman–Crippen LogP) is 3.75. The number of anilines is 1. The summed E-state index contributed by atoms with van der Waals surface area (Å²) in [4.78, 5) is 16.6. The highest BCUT2D eigenvalue weighted by molar-refractivity contribution is 7.89. The number of fused-ring (bicyclic) bond motifs is 1. The Morgan fingerprint density at radius 2 is 1.87 bits per heavy atom. The van der Waals surface area contributed by atoms with Crippen LogP contribution in [0.4, 0.5) is 18.3 Å². The molecule has 1 aliphatic rings. The summed E-state index contributed by atoms with van der Waals surface area (Å²) in [6.07, 6.45) is 0.938. The minimum atomic E-state index is -3.87. The average molecular weight is 455 g/mol. The Hall–Kier alpha value is -2.50. The van der Waals surface area contributed by atoms with Crippen molar-refractivity contribution in [1.29, 1.82) is 0 Å². The van der Waals surface area contributed by atoms with Gasteiger partial charge >= 0.3 is 0 Å². The molecule has 1 atom stereocenters. The van der Waals surface area contributed by atoms with Crippen LogP contribution in [-0.2, 0) is 14.8 Å². The first-order valence-corrected chi connectivity index (χ1v) is 11.3. The first-order chi connectivity index (χ1) is 14.2. The van der Waals surface area contributed by atoms with Gasteiger partial charge in [-0.2, -0.15) is 4.31 Å². The first-order valence-electron chi connectivity index (χ1n) is 9.06. The average Bonchev–Trinajstić information content (AvgIpc) is 3.11. The van der Waals surface area contributed by atoms with Gasteiger partial charge in [0.2, 0.25) is 15.9 Å². The first kappa shape index (κ1) is 20.8. The number of aromatic nitrogens is 1. The Kier molecular flexibility index (Phi) is 5.51. The van der Waals surface area contributed by atoms with Crippen LogP contribution < -0.4 is 5.32 Å². The minimum absolute atomic E-state index is 0.0409. The lowest BCUT2D eigenvalue weighted by molar-refractivity contribution is -0.120. The number of rotatable bonds is 4. The van der Waals surface area contributed by atoms with Crippen LogP contribution in [0.2, 0.25) is 0 Å². The molecule has 30 heavy (non-hydrogen) atoms. The number of halogens is 3. The highest BCUT2D eigenvalue weighted by atomic mass is 32.2. The third-order valence-corrected chi connectivity index (χ3v) is 7.65. The predicted molar refractivity (Wildman–Crippen MR) is 106 cm³/mol. The van der Waals surface area contributed by atoms with E-state index in [4.69, 9.17) is 0 Å². The van der Waals surface area contributed by atoms with E-state index in [1.54, 1.807) is 0 Å². The number of benzene rings is 2. The van der Waals surface area contributed by atoms with Crippen molar-refractivity contribution >= 4 is 42.6 Å². The van der Waals surface area contributed by atoms with Crippen molar-refractivity contribution in [3.05, 3.63) is 53.8 Å². The van der Waals surface area contributed by atoms with Crippen molar-refractivity contribution in [2.75, 3.05) is 18.4 Å². The van der Waals surface area contributed by atoms with Gasteiger partial charge in [0.05, 0.1) is 15.5 Å².